The van der Waals surface area contributed by atoms with Gasteiger partial charge < -0.3 is 14.5 Å². The van der Waals surface area contributed by atoms with Crippen molar-refractivity contribution in [2.24, 2.45) is 5.41 Å². The topological polar surface area (TPSA) is 66.9 Å². The summed E-state index contributed by atoms with van der Waals surface area (Å²) in [6.45, 7) is 8.71. The molecule has 4 rings (SSSR count). The van der Waals surface area contributed by atoms with Gasteiger partial charge in [0.2, 0.25) is 0 Å². The highest BCUT2D eigenvalue weighted by atomic mass is 32.8. The molecule has 0 aromatic heterocycles. The smallest absolute Gasteiger partial charge is 0.314 e. The largest absolute Gasteiger partial charge is 0.459 e. The minimum absolute atomic E-state index is 0.0775. The van der Waals surface area contributed by atoms with Crippen LogP contribution in [0.2, 0.25) is 0 Å². The molecule has 3 aliphatic heterocycles. The van der Waals surface area contributed by atoms with Gasteiger partial charge in [0, 0.05) is 13.5 Å². The molecular weight excluding hydrogens is 427 g/mol. The molecule has 3 fully saturated rings. The van der Waals surface area contributed by atoms with Crippen molar-refractivity contribution in [3.8, 4) is 0 Å². The van der Waals surface area contributed by atoms with E-state index >= 15 is 0 Å². The van der Waals surface area contributed by atoms with Gasteiger partial charge >= 0.3 is 5.97 Å². The first-order valence-electron chi connectivity index (χ1n) is 9.74. The maximum Gasteiger partial charge on any atom is 0.314 e. The number of esters is 1. The lowest BCUT2D eigenvalue weighted by atomic mass is 9.78. The Labute approximate surface area is 182 Å². The fourth-order valence-electron chi connectivity index (χ4n) is 4.96. The first-order valence-corrected chi connectivity index (χ1v) is 11.9. The van der Waals surface area contributed by atoms with Gasteiger partial charge in [0.05, 0.1) is 11.5 Å². The standard InChI is InChI=1S/C21H25FN2O4S2/c1-18(2,3)28-17(27)19(4)11-21-16(26)23(6)20(5,30(21)29)15(25)24(21)14(19)12-7-9-13(22)10-8-12/h7-10,14H,11H2,1-6H3/t14?,19-,20?,21?,30?/m0/s1. The highest BCUT2D eigenvalue weighted by molar-refractivity contribution is 8.31. The van der Waals surface area contributed by atoms with E-state index in [2.05, 4.69) is 0 Å². The number of fused-ring (bicyclic) bond motifs is 1. The number of likely N-dealkylation sites (N-methyl/N-ethyl adjacent to an activating group) is 1. The molecule has 162 valence electrons. The molecule has 1 aromatic rings. The fraction of sp³-hybridized carbons (Fsp3) is 0.571. The van der Waals surface area contributed by atoms with E-state index in [1.165, 1.54) is 21.9 Å². The van der Waals surface area contributed by atoms with Crippen LogP contribution in [0.4, 0.5) is 4.39 Å². The van der Waals surface area contributed by atoms with E-state index in [9.17, 15) is 18.8 Å². The van der Waals surface area contributed by atoms with Crippen LogP contribution in [-0.2, 0) is 39.8 Å². The van der Waals surface area contributed by atoms with E-state index in [4.69, 9.17) is 15.9 Å². The van der Waals surface area contributed by atoms with Crippen molar-refractivity contribution in [2.45, 2.75) is 62.4 Å². The third kappa shape index (κ3) is 2.39. The Morgan fingerprint density at radius 2 is 1.77 bits per heavy atom. The predicted octanol–water partition coefficient (Wildman–Crippen LogP) is 2.43. The molecule has 1 spiro atoms. The Bertz CT molecular complexity index is 1010. The summed E-state index contributed by atoms with van der Waals surface area (Å²) in [7, 11) is 0.528. The number of benzene rings is 1. The molecule has 3 aliphatic rings. The Morgan fingerprint density at radius 3 is 2.30 bits per heavy atom. The van der Waals surface area contributed by atoms with E-state index in [0.717, 1.165) is 0 Å². The van der Waals surface area contributed by atoms with Crippen LogP contribution in [0.5, 0.6) is 0 Å². The quantitative estimate of drug-likeness (QED) is 0.645. The summed E-state index contributed by atoms with van der Waals surface area (Å²) in [5.41, 5.74) is -1.39. The molecule has 0 aliphatic carbocycles. The summed E-state index contributed by atoms with van der Waals surface area (Å²) in [5, 5.41) is 0. The van der Waals surface area contributed by atoms with Gasteiger partial charge in [-0.25, -0.2) is 4.39 Å². The van der Waals surface area contributed by atoms with Crippen LogP contribution < -0.4 is 0 Å². The maximum absolute atomic E-state index is 13.6. The van der Waals surface area contributed by atoms with Crippen molar-refractivity contribution in [3.63, 3.8) is 0 Å². The summed E-state index contributed by atoms with van der Waals surface area (Å²) in [6.07, 6.45) is 0.0775. The molecule has 0 saturated carbocycles. The number of carbonyl (C=O) groups excluding carboxylic acids is 3. The SMILES string of the molecule is CN1C(=O)C23C[C@](C)(C(=O)OC(C)(C)C)C(c4ccc(F)cc4)N2C(=O)C1(C)S3=S. The lowest BCUT2D eigenvalue weighted by Gasteiger charge is -2.40. The summed E-state index contributed by atoms with van der Waals surface area (Å²) >= 11 is 5.80. The number of amides is 2. The van der Waals surface area contributed by atoms with Crippen LogP contribution in [0.3, 0.4) is 0 Å². The molecule has 2 bridgehead atoms. The molecule has 0 radical (unpaired) electrons. The van der Waals surface area contributed by atoms with E-state index in [-0.39, 0.29) is 18.2 Å². The van der Waals surface area contributed by atoms with Crippen molar-refractivity contribution in [3.05, 3.63) is 35.6 Å². The van der Waals surface area contributed by atoms with Crippen molar-refractivity contribution >= 4 is 38.4 Å². The van der Waals surface area contributed by atoms with Gasteiger partial charge in [-0.05, 0) is 63.5 Å². The first kappa shape index (κ1) is 21.4. The summed E-state index contributed by atoms with van der Waals surface area (Å²) < 4.78 is 19.3. The Morgan fingerprint density at radius 1 is 1.20 bits per heavy atom. The van der Waals surface area contributed by atoms with Crippen molar-refractivity contribution in [2.75, 3.05) is 7.05 Å². The van der Waals surface area contributed by atoms with Crippen LogP contribution in [0.25, 0.3) is 0 Å². The second-order valence-electron chi connectivity index (χ2n) is 9.63. The molecule has 0 N–H and O–H groups in total. The number of rotatable bonds is 2. The molecule has 3 saturated heterocycles. The molecule has 3 heterocycles. The van der Waals surface area contributed by atoms with Gasteiger partial charge in [0.15, 0.2) is 9.74 Å². The number of hydrogen-bond donors (Lipinski definition) is 0. The normalized spacial score (nSPS) is 37.7. The third-order valence-electron chi connectivity index (χ3n) is 6.47. The molecule has 4 unspecified atom stereocenters. The molecular formula is C21H25FN2O4S2. The average Bonchev–Trinajstić information content (AvgIpc) is 3.08. The number of ether oxygens (including phenoxy) is 1. The van der Waals surface area contributed by atoms with E-state index < -0.39 is 48.0 Å². The van der Waals surface area contributed by atoms with Crippen molar-refractivity contribution in [1.29, 1.82) is 0 Å². The summed E-state index contributed by atoms with van der Waals surface area (Å²) in [6, 6.07) is 4.91. The van der Waals surface area contributed by atoms with Crippen LogP contribution in [-0.4, -0.2) is 50.0 Å². The number of piperazine rings is 1. The molecule has 30 heavy (non-hydrogen) atoms. The van der Waals surface area contributed by atoms with E-state index in [1.807, 2.05) is 0 Å². The highest BCUT2D eigenvalue weighted by Crippen LogP contribution is 2.65. The zero-order chi connectivity index (χ0) is 22.4. The Balaban J connectivity index is 1.94. The highest BCUT2D eigenvalue weighted by Gasteiger charge is 2.81. The van der Waals surface area contributed by atoms with Gasteiger partial charge in [-0.15, -0.1) is 0 Å². The molecule has 5 atom stereocenters. The second kappa shape index (κ2) is 6.09. The summed E-state index contributed by atoms with van der Waals surface area (Å²) in [4.78, 5) is 41.0. The minimum Gasteiger partial charge on any atom is -0.459 e. The van der Waals surface area contributed by atoms with Crippen LogP contribution >= 0.6 is 0 Å². The molecule has 6 nitrogen and oxygen atoms in total. The first-order chi connectivity index (χ1) is 13.7. The van der Waals surface area contributed by atoms with E-state index in [0.29, 0.717) is 5.56 Å². The monoisotopic (exact) mass is 452 g/mol. The van der Waals surface area contributed by atoms with Crippen LogP contribution in [0.15, 0.2) is 24.3 Å². The Hall–Kier alpha value is -1.87. The second-order valence-corrected chi connectivity index (χ2v) is 12.6. The van der Waals surface area contributed by atoms with Crippen LogP contribution in [0.1, 0.15) is 52.6 Å². The van der Waals surface area contributed by atoms with E-state index in [1.54, 1.807) is 53.8 Å². The Kier molecular flexibility index (Phi) is 4.34. The fourth-order valence-corrected chi connectivity index (χ4v) is 8.48. The zero-order valence-corrected chi connectivity index (χ0v) is 19.4. The lowest BCUT2D eigenvalue weighted by molar-refractivity contribution is -0.169. The average molecular weight is 453 g/mol. The van der Waals surface area contributed by atoms with Gasteiger partial charge in [0.25, 0.3) is 11.8 Å². The predicted molar refractivity (Wildman–Crippen MR) is 113 cm³/mol. The lowest BCUT2D eigenvalue weighted by Crippen LogP contribution is -2.60. The minimum atomic E-state index is -1.28. The van der Waals surface area contributed by atoms with Crippen molar-refractivity contribution < 1.29 is 23.5 Å². The number of halogens is 1. The number of hydrogen-bond acceptors (Lipinski definition) is 5. The van der Waals surface area contributed by atoms with Gasteiger partial charge in [0.1, 0.15) is 11.4 Å². The number of carbonyl (C=O) groups is 3. The molecule has 9 heteroatoms. The van der Waals surface area contributed by atoms with Gasteiger partial charge in [-0.3, -0.25) is 14.4 Å². The molecule has 2 amide bonds. The van der Waals surface area contributed by atoms with Gasteiger partial charge in [-0.1, -0.05) is 21.6 Å². The molecule has 1 aromatic carbocycles. The summed E-state index contributed by atoms with van der Waals surface area (Å²) in [5.74, 6) is -1.45. The third-order valence-corrected chi connectivity index (χ3v) is 10.6. The van der Waals surface area contributed by atoms with Crippen LogP contribution in [0, 0.1) is 11.2 Å². The van der Waals surface area contributed by atoms with Gasteiger partial charge in [-0.2, -0.15) is 0 Å². The zero-order valence-electron chi connectivity index (χ0n) is 17.8. The number of nitrogens with zero attached hydrogens (tertiary/aromatic N) is 2. The van der Waals surface area contributed by atoms with Crippen molar-refractivity contribution in [1.82, 2.24) is 9.80 Å². The maximum atomic E-state index is 13.6.